The Morgan fingerprint density at radius 1 is 1.15 bits per heavy atom. The monoisotopic (exact) mass is 480 g/mol. The lowest BCUT2D eigenvalue weighted by Crippen LogP contribution is -2.36. The van der Waals surface area contributed by atoms with Gasteiger partial charge in [-0.05, 0) is 17.5 Å². The maximum absolute atomic E-state index is 12.3. The summed E-state index contributed by atoms with van der Waals surface area (Å²) < 4.78 is 47.7. The van der Waals surface area contributed by atoms with Gasteiger partial charge in [0.15, 0.2) is 24.1 Å². The Hall–Kier alpha value is -3.12. The lowest BCUT2D eigenvalue weighted by atomic mass is 10.1. The van der Waals surface area contributed by atoms with E-state index in [1.54, 1.807) is 4.90 Å². The molecule has 34 heavy (non-hydrogen) atoms. The maximum atomic E-state index is 12.3. The lowest BCUT2D eigenvalue weighted by molar-refractivity contribution is -0.136. The van der Waals surface area contributed by atoms with Gasteiger partial charge in [0.25, 0.3) is 0 Å². The Kier molecular flexibility index (Phi) is 7.37. The molecule has 0 aliphatic carbocycles. The molecule has 1 atom stereocenters. The van der Waals surface area contributed by atoms with Gasteiger partial charge in [-0.25, -0.2) is 0 Å². The molecule has 184 valence electrons. The average molecular weight is 480 g/mol. The van der Waals surface area contributed by atoms with Crippen LogP contribution in [0.4, 0.5) is 30.5 Å². The van der Waals surface area contributed by atoms with Crippen LogP contribution in [-0.4, -0.2) is 66.4 Å². The Balaban J connectivity index is 1.43. The molecule has 2 aliphatic rings. The highest BCUT2D eigenvalue weighted by molar-refractivity contribution is 5.87. The molecule has 3 heterocycles. The number of benzene rings is 1. The maximum Gasteiger partial charge on any atom is 0.389 e. The third-order valence-corrected chi connectivity index (χ3v) is 5.65. The van der Waals surface area contributed by atoms with Gasteiger partial charge >= 0.3 is 12.2 Å². The van der Waals surface area contributed by atoms with Crippen LogP contribution in [0.15, 0.2) is 24.3 Å². The van der Waals surface area contributed by atoms with E-state index in [2.05, 4.69) is 32.3 Å². The highest BCUT2D eigenvalue weighted by atomic mass is 19.4. The molecule has 9 nitrogen and oxygen atoms in total. The number of carbonyl (C=O) groups excluding carboxylic acids is 1. The highest BCUT2D eigenvalue weighted by Gasteiger charge is 2.33. The number of rotatable bonds is 9. The zero-order valence-corrected chi connectivity index (χ0v) is 18.6. The van der Waals surface area contributed by atoms with Gasteiger partial charge < -0.3 is 25.4 Å². The first kappa shape index (κ1) is 24.0. The molecule has 1 saturated heterocycles. The van der Waals surface area contributed by atoms with E-state index in [0.717, 1.165) is 44.7 Å². The summed E-state index contributed by atoms with van der Waals surface area (Å²) in [4.78, 5) is 24.1. The minimum atomic E-state index is -4.25. The van der Waals surface area contributed by atoms with E-state index in [4.69, 9.17) is 15.2 Å². The summed E-state index contributed by atoms with van der Waals surface area (Å²) in [6.45, 7) is 4.30. The fourth-order valence-electron chi connectivity index (χ4n) is 3.89. The molecular formula is C22H27F3N6O3. The van der Waals surface area contributed by atoms with E-state index in [9.17, 15) is 18.0 Å². The van der Waals surface area contributed by atoms with Gasteiger partial charge in [0.2, 0.25) is 0 Å². The van der Waals surface area contributed by atoms with Crippen LogP contribution in [0, 0.1) is 0 Å². The van der Waals surface area contributed by atoms with Crippen molar-refractivity contribution < 1.29 is 27.4 Å². The number of fused-ring (bicyclic) bond motifs is 1. The van der Waals surface area contributed by atoms with Gasteiger partial charge in [-0.15, -0.1) is 0 Å². The average Bonchev–Trinajstić information content (AvgIpc) is 3.16. The van der Waals surface area contributed by atoms with Crippen molar-refractivity contribution in [1.82, 2.24) is 14.9 Å². The smallest absolute Gasteiger partial charge is 0.389 e. The number of hydrogen-bond acceptors (Lipinski definition) is 9. The molecule has 0 spiro atoms. The van der Waals surface area contributed by atoms with Crippen molar-refractivity contribution in [2.24, 2.45) is 0 Å². The van der Waals surface area contributed by atoms with Crippen LogP contribution in [0.3, 0.4) is 0 Å². The molecule has 0 bridgehead atoms. The number of ether oxygens (including phenoxy) is 2. The second kappa shape index (κ2) is 10.4. The van der Waals surface area contributed by atoms with Crippen molar-refractivity contribution in [3.63, 3.8) is 0 Å². The van der Waals surface area contributed by atoms with Gasteiger partial charge in [0.1, 0.15) is 5.69 Å². The number of nitrogens with one attached hydrogen (secondary N) is 1. The first-order valence-electron chi connectivity index (χ1n) is 11.1. The predicted molar refractivity (Wildman–Crippen MR) is 119 cm³/mol. The summed E-state index contributed by atoms with van der Waals surface area (Å²) in [6, 6.07) is 7.96. The number of anilines is 3. The number of nitrogens with zero attached hydrogens (tertiary/aromatic N) is 4. The lowest BCUT2D eigenvalue weighted by Gasteiger charge is -2.26. The molecule has 4 rings (SSSR count). The zero-order valence-electron chi connectivity index (χ0n) is 18.6. The second-order valence-corrected chi connectivity index (χ2v) is 8.22. The topological polar surface area (TPSA) is 106 Å². The number of morpholine rings is 1. The van der Waals surface area contributed by atoms with E-state index in [-0.39, 0.29) is 24.9 Å². The predicted octanol–water partition coefficient (Wildman–Crippen LogP) is 2.57. The molecule has 1 aromatic heterocycles. The molecule has 0 radical (unpaired) electrons. The van der Waals surface area contributed by atoms with Crippen LogP contribution in [0.2, 0.25) is 0 Å². The first-order chi connectivity index (χ1) is 16.3. The molecule has 2 aromatic rings. The number of nitrogen functional groups attached to an aromatic ring is 1. The van der Waals surface area contributed by atoms with Crippen LogP contribution in [-0.2, 0) is 22.6 Å². The van der Waals surface area contributed by atoms with Crippen molar-refractivity contribution >= 4 is 23.6 Å². The number of nitrogens with two attached hydrogens (primary N) is 1. The molecule has 2 aliphatic heterocycles. The van der Waals surface area contributed by atoms with Gasteiger partial charge in [-0.3, -0.25) is 9.69 Å². The van der Waals surface area contributed by atoms with Crippen molar-refractivity contribution in [3.8, 4) is 6.01 Å². The van der Waals surface area contributed by atoms with Crippen molar-refractivity contribution in [1.29, 1.82) is 0 Å². The van der Waals surface area contributed by atoms with Crippen LogP contribution in [0.25, 0.3) is 0 Å². The Morgan fingerprint density at radius 3 is 2.47 bits per heavy atom. The third-order valence-electron chi connectivity index (χ3n) is 5.65. The number of hydrogen-bond donors (Lipinski definition) is 2. The molecule has 1 aromatic carbocycles. The van der Waals surface area contributed by atoms with E-state index in [0.29, 0.717) is 18.1 Å². The normalized spacial score (nSPS) is 18.4. The van der Waals surface area contributed by atoms with Gasteiger partial charge in [0.05, 0.1) is 19.8 Å². The van der Waals surface area contributed by atoms with Crippen molar-refractivity contribution in [2.45, 2.75) is 38.3 Å². The Bertz CT molecular complexity index is 983. The molecule has 12 heteroatoms. The number of aldehydes is 1. The SMILES string of the molecule is Nc1nc(OCCCC(F)(F)F)nc2c1NC(C=O)N2Cc1ccc(CN2CCOCC2)cc1. The van der Waals surface area contributed by atoms with E-state index in [1.165, 1.54) is 5.56 Å². The molecule has 0 amide bonds. The van der Waals surface area contributed by atoms with E-state index >= 15 is 0 Å². The fourth-order valence-corrected chi connectivity index (χ4v) is 3.89. The van der Waals surface area contributed by atoms with Crippen LogP contribution in [0.1, 0.15) is 24.0 Å². The number of alkyl halides is 3. The van der Waals surface area contributed by atoms with E-state index < -0.39 is 18.8 Å². The summed E-state index contributed by atoms with van der Waals surface area (Å²) in [7, 11) is 0. The third kappa shape index (κ3) is 6.06. The minimum Gasteiger partial charge on any atom is -0.463 e. The van der Waals surface area contributed by atoms with Gasteiger partial charge in [-0.2, -0.15) is 23.1 Å². The molecule has 3 N–H and O–H groups in total. The molecule has 0 saturated carbocycles. The van der Waals surface area contributed by atoms with Gasteiger partial charge in [-0.1, -0.05) is 24.3 Å². The first-order valence-corrected chi connectivity index (χ1v) is 11.1. The zero-order chi connectivity index (χ0) is 24.1. The quantitative estimate of drug-likeness (QED) is 0.414. The summed E-state index contributed by atoms with van der Waals surface area (Å²) >= 11 is 0. The number of aromatic nitrogens is 2. The van der Waals surface area contributed by atoms with Crippen LogP contribution >= 0.6 is 0 Å². The number of halogens is 3. The van der Waals surface area contributed by atoms with Crippen molar-refractivity contribution in [3.05, 3.63) is 35.4 Å². The summed E-state index contributed by atoms with van der Waals surface area (Å²) in [6.07, 6.45) is -5.41. The second-order valence-electron chi connectivity index (χ2n) is 8.22. The summed E-state index contributed by atoms with van der Waals surface area (Å²) in [5.74, 6) is 0.429. The molecule has 1 fully saturated rings. The number of carbonyl (C=O) groups is 1. The highest BCUT2D eigenvalue weighted by Crippen LogP contribution is 2.38. The van der Waals surface area contributed by atoms with Gasteiger partial charge in [0, 0.05) is 32.6 Å². The standard InChI is InChI=1S/C22H27F3N6O3/c23-22(24,25)6-1-9-34-21-28-19(26)18-20(29-21)31(17(14-32)27-18)13-16-4-2-15(3-5-16)12-30-7-10-33-11-8-30/h2-5,14,17,27H,1,6-13H2,(H2,26,28,29). The molecular weight excluding hydrogens is 453 g/mol. The summed E-state index contributed by atoms with van der Waals surface area (Å²) in [5, 5.41) is 2.99. The fraction of sp³-hybridized carbons (Fsp3) is 0.500. The Morgan fingerprint density at radius 2 is 1.82 bits per heavy atom. The largest absolute Gasteiger partial charge is 0.463 e. The van der Waals surface area contributed by atoms with Crippen molar-refractivity contribution in [2.75, 3.05) is 48.9 Å². The molecule has 1 unspecified atom stereocenters. The van der Waals surface area contributed by atoms with Crippen LogP contribution in [0.5, 0.6) is 6.01 Å². The van der Waals surface area contributed by atoms with Crippen LogP contribution < -0.4 is 20.7 Å². The van der Waals surface area contributed by atoms with E-state index in [1.807, 2.05) is 12.1 Å². The minimum absolute atomic E-state index is 0.0611. The summed E-state index contributed by atoms with van der Waals surface area (Å²) in [5.41, 5.74) is 8.52. The Labute approximate surface area is 195 Å².